The second kappa shape index (κ2) is 8.18. The van der Waals surface area contributed by atoms with Gasteiger partial charge in [-0.15, -0.1) is 0 Å². The number of hydrogen-bond acceptors (Lipinski definition) is 3. The van der Waals surface area contributed by atoms with E-state index < -0.39 is 11.7 Å². The first-order chi connectivity index (χ1) is 13.3. The molecule has 2 aromatic rings. The first kappa shape index (κ1) is 20.1. The molecule has 0 aromatic heterocycles. The van der Waals surface area contributed by atoms with Crippen molar-refractivity contribution in [3.8, 4) is 5.75 Å². The highest BCUT2D eigenvalue weighted by Gasteiger charge is 2.35. The van der Waals surface area contributed by atoms with Gasteiger partial charge < -0.3 is 19.9 Å². The van der Waals surface area contributed by atoms with E-state index in [2.05, 4.69) is 5.32 Å². The van der Waals surface area contributed by atoms with Gasteiger partial charge in [0.2, 0.25) is 0 Å². The number of alkyl halides is 3. The first-order valence-corrected chi connectivity index (χ1v) is 8.98. The molecule has 9 heteroatoms. The van der Waals surface area contributed by atoms with Gasteiger partial charge in [0.25, 0.3) is 0 Å². The fourth-order valence-electron chi connectivity index (χ4n) is 3.11. The smallest absolute Gasteiger partial charge is 0.418 e. The van der Waals surface area contributed by atoms with Crippen LogP contribution in [-0.4, -0.2) is 44.2 Å². The highest BCUT2D eigenvalue weighted by molar-refractivity contribution is 6.31. The number of amides is 2. The molecule has 28 heavy (non-hydrogen) atoms. The highest BCUT2D eigenvalue weighted by atomic mass is 35.5. The normalized spacial score (nSPS) is 14.8. The Bertz CT molecular complexity index is 853. The summed E-state index contributed by atoms with van der Waals surface area (Å²) in [5.41, 5.74) is -0.104. The van der Waals surface area contributed by atoms with E-state index in [4.69, 9.17) is 16.3 Å². The Kier molecular flexibility index (Phi) is 5.88. The second-order valence-electron chi connectivity index (χ2n) is 6.26. The molecule has 1 fully saturated rings. The van der Waals surface area contributed by atoms with Crippen LogP contribution in [0, 0.1) is 0 Å². The maximum atomic E-state index is 13.2. The van der Waals surface area contributed by atoms with Crippen molar-refractivity contribution < 1.29 is 22.7 Å². The fourth-order valence-corrected chi connectivity index (χ4v) is 3.28. The van der Waals surface area contributed by atoms with Gasteiger partial charge in [0.1, 0.15) is 5.75 Å². The van der Waals surface area contributed by atoms with E-state index in [0.29, 0.717) is 42.6 Å². The molecule has 1 aliphatic heterocycles. The number of piperazine rings is 1. The first-order valence-electron chi connectivity index (χ1n) is 8.60. The van der Waals surface area contributed by atoms with Crippen LogP contribution in [0.5, 0.6) is 5.75 Å². The molecule has 150 valence electrons. The van der Waals surface area contributed by atoms with Gasteiger partial charge in [0, 0.05) is 36.9 Å². The zero-order valence-corrected chi connectivity index (χ0v) is 15.8. The molecule has 1 heterocycles. The summed E-state index contributed by atoms with van der Waals surface area (Å²) in [6.07, 6.45) is -4.42. The molecule has 0 radical (unpaired) electrons. The molecule has 0 unspecified atom stereocenters. The Morgan fingerprint density at radius 1 is 1.11 bits per heavy atom. The number of carbonyl (C=O) groups excluding carboxylic acids is 1. The van der Waals surface area contributed by atoms with Crippen LogP contribution < -0.4 is 15.0 Å². The minimum Gasteiger partial charge on any atom is -0.495 e. The number of ether oxygens (including phenoxy) is 1. The Morgan fingerprint density at radius 2 is 1.79 bits per heavy atom. The zero-order chi connectivity index (χ0) is 20.3. The third-order valence-electron chi connectivity index (χ3n) is 4.52. The summed E-state index contributed by atoms with van der Waals surface area (Å²) in [7, 11) is 1.48. The van der Waals surface area contributed by atoms with Crippen LogP contribution in [0.25, 0.3) is 0 Å². The molecule has 3 rings (SSSR count). The summed E-state index contributed by atoms with van der Waals surface area (Å²) in [6, 6.07) is 9.98. The third kappa shape index (κ3) is 4.44. The Balaban J connectivity index is 1.66. The SMILES string of the molecule is COc1ccc(Cl)cc1NC(=O)N1CCN(c2ccccc2C(F)(F)F)CC1. The van der Waals surface area contributed by atoms with Crippen molar-refractivity contribution in [3.05, 3.63) is 53.1 Å². The number of benzene rings is 2. The average Bonchev–Trinajstić information content (AvgIpc) is 2.67. The Morgan fingerprint density at radius 3 is 2.43 bits per heavy atom. The van der Waals surface area contributed by atoms with Crippen molar-refractivity contribution in [2.75, 3.05) is 43.5 Å². The van der Waals surface area contributed by atoms with Gasteiger partial charge in [-0.3, -0.25) is 0 Å². The largest absolute Gasteiger partial charge is 0.495 e. The molecule has 2 aromatic carbocycles. The summed E-state index contributed by atoms with van der Waals surface area (Å²) >= 11 is 5.96. The van der Waals surface area contributed by atoms with Crippen molar-refractivity contribution in [3.63, 3.8) is 0 Å². The lowest BCUT2D eigenvalue weighted by molar-refractivity contribution is -0.137. The molecule has 1 N–H and O–H groups in total. The topological polar surface area (TPSA) is 44.8 Å². The number of anilines is 2. The molecule has 0 saturated carbocycles. The van der Waals surface area contributed by atoms with Crippen LogP contribution in [0.2, 0.25) is 5.02 Å². The Hall–Kier alpha value is -2.61. The van der Waals surface area contributed by atoms with E-state index in [1.807, 2.05) is 0 Å². The van der Waals surface area contributed by atoms with Crippen LogP contribution in [-0.2, 0) is 6.18 Å². The van der Waals surface area contributed by atoms with Crippen molar-refractivity contribution in [2.45, 2.75) is 6.18 Å². The van der Waals surface area contributed by atoms with Gasteiger partial charge in [-0.05, 0) is 30.3 Å². The predicted octanol–water partition coefficient (Wildman–Crippen LogP) is 4.72. The van der Waals surface area contributed by atoms with Crippen LogP contribution in [0.3, 0.4) is 0 Å². The number of halogens is 4. The number of nitrogens with one attached hydrogen (secondary N) is 1. The minimum absolute atomic E-state index is 0.131. The van der Waals surface area contributed by atoms with Gasteiger partial charge in [0.15, 0.2) is 0 Å². The van der Waals surface area contributed by atoms with Gasteiger partial charge >= 0.3 is 12.2 Å². The lowest BCUT2D eigenvalue weighted by Gasteiger charge is -2.37. The zero-order valence-electron chi connectivity index (χ0n) is 15.1. The number of urea groups is 1. The number of nitrogens with zero attached hydrogens (tertiary/aromatic N) is 2. The molecule has 0 bridgehead atoms. The maximum Gasteiger partial charge on any atom is 0.418 e. The monoisotopic (exact) mass is 413 g/mol. The van der Waals surface area contributed by atoms with Crippen molar-refractivity contribution in [1.82, 2.24) is 4.90 Å². The number of carbonyl (C=O) groups is 1. The minimum atomic E-state index is -4.42. The van der Waals surface area contributed by atoms with Crippen molar-refractivity contribution >= 4 is 29.0 Å². The van der Waals surface area contributed by atoms with Gasteiger partial charge in [0.05, 0.1) is 18.4 Å². The average molecular weight is 414 g/mol. The number of hydrogen-bond donors (Lipinski definition) is 1. The number of rotatable bonds is 3. The molecule has 2 amide bonds. The lowest BCUT2D eigenvalue weighted by atomic mass is 10.1. The van der Waals surface area contributed by atoms with Crippen LogP contribution >= 0.6 is 11.6 Å². The molecule has 0 atom stereocenters. The van der Waals surface area contributed by atoms with E-state index >= 15 is 0 Å². The summed E-state index contributed by atoms with van der Waals surface area (Å²) < 4.78 is 44.9. The second-order valence-corrected chi connectivity index (χ2v) is 6.70. The highest BCUT2D eigenvalue weighted by Crippen LogP contribution is 2.36. The molecular weight excluding hydrogens is 395 g/mol. The van der Waals surface area contributed by atoms with E-state index in [1.165, 1.54) is 19.2 Å². The number of methoxy groups -OCH3 is 1. The van der Waals surface area contributed by atoms with Gasteiger partial charge in [-0.1, -0.05) is 23.7 Å². The number of para-hydroxylation sites is 1. The van der Waals surface area contributed by atoms with Crippen LogP contribution in [0.15, 0.2) is 42.5 Å². The van der Waals surface area contributed by atoms with Gasteiger partial charge in [-0.25, -0.2) is 4.79 Å². The summed E-state index contributed by atoms with van der Waals surface area (Å²) in [5.74, 6) is 0.468. The molecular formula is C19H19ClF3N3O2. The molecule has 1 aliphatic rings. The predicted molar refractivity (Wildman–Crippen MR) is 102 cm³/mol. The fraction of sp³-hybridized carbons (Fsp3) is 0.316. The molecule has 0 spiro atoms. The quantitative estimate of drug-likeness (QED) is 0.791. The maximum absolute atomic E-state index is 13.2. The van der Waals surface area contributed by atoms with Crippen LogP contribution in [0.1, 0.15) is 5.56 Å². The van der Waals surface area contributed by atoms with E-state index in [9.17, 15) is 18.0 Å². The Labute approximate surface area is 165 Å². The summed E-state index contributed by atoms with van der Waals surface area (Å²) in [5, 5.41) is 3.19. The van der Waals surface area contributed by atoms with E-state index in [0.717, 1.165) is 6.07 Å². The lowest BCUT2D eigenvalue weighted by Crippen LogP contribution is -2.50. The molecule has 0 aliphatic carbocycles. The van der Waals surface area contributed by atoms with Crippen molar-refractivity contribution in [1.29, 1.82) is 0 Å². The van der Waals surface area contributed by atoms with Gasteiger partial charge in [-0.2, -0.15) is 13.2 Å². The standard InChI is InChI=1S/C19H19ClF3N3O2/c1-28-17-7-6-13(20)12-15(17)24-18(27)26-10-8-25(9-11-26)16-5-3-2-4-14(16)19(21,22)23/h2-7,12H,8-11H2,1H3,(H,24,27). The van der Waals surface area contributed by atoms with E-state index in [-0.39, 0.29) is 11.7 Å². The molecule has 1 saturated heterocycles. The van der Waals surface area contributed by atoms with E-state index in [1.54, 1.807) is 34.1 Å². The van der Waals surface area contributed by atoms with Crippen LogP contribution in [0.4, 0.5) is 29.3 Å². The van der Waals surface area contributed by atoms with Crippen molar-refractivity contribution in [2.24, 2.45) is 0 Å². The summed E-state index contributed by atoms with van der Waals surface area (Å²) in [4.78, 5) is 15.7. The summed E-state index contributed by atoms with van der Waals surface area (Å²) in [6.45, 7) is 1.18. The third-order valence-corrected chi connectivity index (χ3v) is 4.76. The molecule has 5 nitrogen and oxygen atoms in total.